The van der Waals surface area contributed by atoms with Crippen LogP contribution in [0.5, 0.6) is 11.5 Å². The number of hydrogen-bond acceptors (Lipinski definition) is 7. The van der Waals surface area contributed by atoms with Gasteiger partial charge in [0.1, 0.15) is 6.61 Å². The number of ether oxygens (including phenoxy) is 3. The van der Waals surface area contributed by atoms with Gasteiger partial charge in [-0.1, -0.05) is 6.07 Å². The molecule has 1 rings (SSSR count). The lowest BCUT2D eigenvalue weighted by Gasteiger charge is -2.28. The SMILES string of the molecule is COCC(C)(COC(C)=O)OC(=O)NCCc1ccc(O)c(O)c1. The van der Waals surface area contributed by atoms with E-state index in [4.69, 9.17) is 14.2 Å². The molecule has 0 fully saturated rings. The van der Waals surface area contributed by atoms with Gasteiger partial charge in [0.15, 0.2) is 17.1 Å². The molecular weight excluding hydrogens is 318 g/mol. The van der Waals surface area contributed by atoms with Gasteiger partial charge < -0.3 is 29.7 Å². The number of nitrogens with one attached hydrogen (secondary N) is 1. The topological polar surface area (TPSA) is 114 Å². The summed E-state index contributed by atoms with van der Waals surface area (Å²) in [6, 6.07) is 4.42. The zero-order valence-electron chi connectivity index (χ0n) is 14.0. The van der Waals surface area contributed by atoms with E-state index < -0.39 is 17.7 Å². The van der Waals surface area contributed by atoms with Crippen LogP contribution in [0.15, 0.2) is 18.2 Å². The summed E-state index contributed by atoms with van der Waals surface area (Å²) in [6.45, 7) is 3.08. The van der Waals surface area contributed by atoms with Crippen molar-refractivity contribution in [2.75, 3.05) is 26.9 Å². The van der Waals surface area contributed by atoms with Gasteiger partial charge in [-0.3, -0.25) is 4.79 Å². The van der Waals surface area contributed by atoms with E-state index in [1.807, 2.05) is 0 Å². The van der Waals surface area contributed by atoms with Gasteiger partial charge in [0.2, 0.25) is 0 Å². The van der Waals surface area contributed by atoms with Crippen LogP contribution in [-0.2, 0) is 25.4 Å². The van der Waals surface area contributed by atoms with Gasteiger partial charge in [0, 0.05) is 20.6 Å². The number of esters is 1. The second-order valence-corrected chi connectivity index (χ2v) is 5.55. The minimum Gasteiger partial charge on any atom is -0.504 e. The third-order valence-corrected chi connectivity index (χ3v) is 3.09. The lowest BCUT2D eigenvalue weighted by molar-refractivity contribution is -0.151. The van der Waals surface area contributed by atoms with Crippen LogP contribution in [0.4, 0.5) is 4.79 Å². The second kappa shape index (κ2) is 8.97. The van der Waals surface area contributed by atoms with Gasteiger partial charge in [0.25, 0.3) is 0 Å². The smallest absolute Gasteiger partial charge is 0.407 e. The molecule has 0 aliphatic rings. The van der Waals surface area contributed by atoms with Crippen LogP contribution in [0.1, 0.15) is 19.4 Å². The molecule has 1 amide bonds. The summed E-state index contributed by atoms with van der Waals surface area (Å²) in [5.74, 6) is -0.899. The van der Waals surface area contributed by atoms with Crippen molar-refractivity contribution in [1.29, 1.82) is 0 Å². The fourth-order valence-electron chi connectivity index (χ4n) is 1.95. The maximum absolute atomic E-state index is 11.9. The van der Waals surface area contributed by atoms with Crippen molar-refractivity contribution in [2.24, 2.45) is 0 Å². The molecule has 1 aromatic rings. The highest BCUT2D eigenvalue weighted by atomic mass is 16.6. The molecule has 8 heteroatoms. The Hall–Kier alpha value is -2.48. The van der Waals surface area contributed by atoms with Gasteiger partial charge in [0.05, 0.1) is 6.61 Å². The Kier molecular flexibility index (Phi) is 7.31. The van der Waals surface area contributed by atoms with Crippen molar-refractivity contribution in [2.45, 2.75) is 25.9 Å². The Morgan fingerprint density at radius 3 is 2.50 bits per heavy atom. The summed E-state index contributed by atoms with van der Waals surface area (Å²) in [7, 11) is 1.45. The van der Waals surface area contributed by atoms with E-state index in [0.717, 1.165) is 5.56 Å². The number of alkyl carbamates (subject to hydrolysis) is 1. The first-order valence-electron chi connectivity index (χ1n) is 7.36. The first-order chi connectivity index (χ1) is 11.3. The Labute approximate surface area is 140 Å². The van der Waals surface area contributed by atoms with E-state index in [0.29, 0.717) is 6.42 Å². The van der Waals surface area contributed by atoms with Crippen LogP contribution in [0.3, 0.4) is 0 Å². The number of carbonyl (C=O) groups excluding carboxylic acids is 2. The van der Waals surface area contributed by atoms with Crippen molar-refractivity contribution in [3.05, 3.63) is 23.8 Å². The summed E-state index contributed by atoms with van der Waals surface area (Å²) in [5.41, 5.74) is -0.355. The molecule has 0 aromatic heterocycles. The quantitative estimate of drug-likeness (QED) is 0.483. The molecule has 0 saturated heterocycles. The highest BCUT2D eigenvalue weighted by Gasteiger charge is 2.30. The Morgan fingerprint density at radius 1 is 1.21 bits per heavy atom. The number of amides is 1. The van der Waals surface area contributed by atoms with Gasteiger partial charge in [-0.15, -0.1) is 0 Å². The molecule has 3 N–H and O–H groups in total. The monoisotopic (exact) mass is 341 g/mol. The highest BCUT2D eigenvalue weighted by Crippen LogP contribution is 2.24. The minimum atomic E-state index is -1.10. The number of methoxy groups -OCH3 is 1. The van der Waals surface area contributed by atoms with Crippen LogP contribution < -0.4 is 5.32 Å². The largest absolute Gasteiger partial charge is 0.504 e. The maximum atomic E-state index is 11.9. The summed E-state index contributed by atoms with van der Waals surface area (Å²) < 4.78 is 15.1. The first kappa shape index (κ1) is 19.6. The number of rotatable bonds is 8. The third-order valence-electron chi connectivity index (χ3n) is 3.09. The van der Waals surface area contributed by atoms with Crippen molar-refractivity contribution < 1.29 is 34.0 Å². The zero-order chi connectivity index (χ0) is 18.2. The predicted octanol–water partition coefficient (Wildman–Crippen LogP) is 1.33. The molecule has 8 nitrogen and oxygen atoms in total. The number of phenols is 2. The van der Waals surface area contributed by atoms with Gasteiger partial charge in [-0.25, -0.2) is 4.79 Å². The van der Waals surface area contributed by atoms with Crippen LogP contribution in [0.25, 0.3) is 0 Å². The average molecular weight is 341 g/mol. The van der Waals surface area contributed by atoms with Crippen LogP contribution in [0.2, 0.25) is 0 Å². The molecular formula is C16H23NO7. The molecule has 134 valence electrons. The van der Waals surface area contributed by atoms with E-state index in [1.54, 1.807) is 13.0 Å². The number of carbonyl (C=O) groups is 2. The lowest BCUT2D eigenvalue weighted by atomic mass is 10.1. The van der Waals surface area contributed by atoms with Gasteiger partial charge in [-0.2, -0.15) is 0 Å². The standard InChI is InChI=1S/C16H23NO7/c1-11(18)23-10-16(2,9-22-3)24-15(21)17-7-6-12-4-5-13(19)14(20)8-12/h4-5,8,19-20H,6-7,9-10H2,1-3H3,(H,17,21). The number of phenolic OH excluding ortho intramolecular Hbond substituents is 2. The summed E-state index contributed by atoms with van der Waals surface area (Å²) >= 11 is 0. The predicted molar refractivity (Wildman–Crippen MR) is 84.9 cm³/mol. The van der Waals surface area contributed by atoms with Crippen LogP contribution >= 0.6 is 0 Å². The van der Waals surface area contributed by atoms with E-state index >= 15 is 0 Å². The third kappa shape index (κ3) is 6.74. The molecule has 1 aromatic carbocycles. The number of hydrogen-bond donors (Lipinski definition) is 3. The normalized spacial score (nSPS) is 13.0. The van der Waals surface area contributed by atoms with E-state index in [1.165, 1.54) is 26.2 Å². The van der Waals surface area contributed by atoms with Gasteiger partial charge >= 0.3 is 12.1 Å². The molecule has 0 heterocycles. The first-order valence-corrected chi connectivity index (χ1v) is 7.36. The molecule has 0 bridgehead atoms. The molecule has 1 unspecified atom stereocenters. The summed E-state index contributed by atoms with van der Waals surface area (Å²) in [6.07, 6.45) is -0.238. The molecule has 0 spiro atoms. The van der Waals surface area contributed by atoms with Crippen molar-refractivity contribution in [3.63, 3.8) is 0 Å². The molecule has 24 heavy (non-hydrogen) atoms. The number of benzene rings is 1. The summed E-state index contributed by atoms with van der Waals surface area (Å²) in [5, 5.41) is 21.2. The van der Waals surface area contributed by atoms with E-state index in [2.05, 4.69) is 5.32 Å². The maximum Gasteiger partial charge on any atom is 0.407 e. The average Bonchev–Trinajstić information content (AvgIpc) is 2.49. The minimum absolute atomic E-state index is 0.0690. The zero-order valence-corrected chi connectivity index (χ0v) is 14.0. The van der Waals surface area contributed by atoms with Crippen LogP contribution in [0, 0.1) is 0 Å². The Balaban J connectivity index is 2.47. The molecule has 0 aliphatic heterocycles. The second-order valence-electron chi connectivity index (χ2n) is 5.55. The lowest BCUT2D eigenvalue weighted by Crippen LogP contribution is -2.44. The highest BCUT2D eigenvalue weighted by molar-refractivity contribution is 5.68. The molecule has 0 radical (unpaired) electrons. The Morgan fingerprint density at radius 2 is 1.92 bits per heavy atom. The fourth-order valence-corrected chi connectivity index (χ4v) is 1.95. The molecule has 0 saturated carbocycles. The van der Waals surface area contributed by atoms with Gasteiger partial charge in [-0.05, 0) is 31.0 Å². The van der Waals surface area contributed by atoms with E-state index in [-0.39, 0.29) is 31.3 Å². The molecule has 1 atom stereocenters. The number of aromatic hydroxyl groups is 2. The van der Waals surface area contributed by atoms with Crippen molar-refractivity contribution >= 4 is 12.1 Å². The van der Waals surface area contributed by atoms with E-state index in [9.17, 15) is 19.8 Å². The van der Waals surface area contributed by atoms with Crippen LogP contribution in [-0.4, -0.2) is 54.7 Å². The fraction of sp³-hybridized carbons (Fsp3) is 0.500. The van der Waals surface area contributed by atoms with Crippen molar-refractivity contribution in [3.8, 4) is 11.5 Å². The summed E-state index contributed by atoms with van der Waals surface area (Å²) in [4.78, 5) is 22.8. The van der Waals surface area contributed by atoms with Crippen molar-refractivity contribution in [1.82, 2.24) is 5.32 Å². The molecule has 0 aliphatic carbocycles. The Bertz CT molecular complexity index is 576.